The Morgan fingerprint density at radius 3 is 1.11 bits per heavy atom. The van der Waals surface area contributed by atoms with Crippen LogP contribution in [0.5, 0.6) is 0 Å². The van der Waals surface area contributed by atoms with Gasteiger partial charge in [-0.3, -0.25) is 0 Å². The van der Waals surface area contributed by atoms with Gasteiger partial charge < -0.3 is 100 Å². The number of carbonyl (C=O) groups is 7. The van der Waals surface area contributed by atoms with E-state index in [0.717, 1.165) is 74.2 Å². The van der Waals surface area contributed by atoms with Gasteiger partial charge in [0.25, 0.3) is 0 Å². The van der Waals surface area contributed by atoms with Crippen molar-refractivity contribution < 1.29 is 71.5 Å². The molecule has 3 saturated carbocycles. The number of urea groups is 2. The van der Waals surface area contributed by atoms with Crippen molar-refractivity contribution >= 4 is 77.3 Å². The van der Waals surface area contributed by atoms with Crippen LogP contribution in [0.25, 0.3) is 0 Å². The largest absolute Gasteiger partial charge is 0.453 e. The van der Waals surface area contributed by atoms with E-state index in [4.69, 9.17) is 64.2 Å². The molecule has 648 valence electrons. The minimum absolute atomic E-state index is 0.0550. The number of rotatable bonds is 38. The third-order valence-electron chi connectivity index (χ3n) is 19.7. The van der Waals surface area contributed by atoms with Crippen molar-refractivity contribution in [2.45, 2.75) is 224 Å². The molecular formula is C84H141Cl3N12O15. The molecule has 3 fully saturated rings. The molecule has 6 atom stereocenters. The van der Waals surface area contributed by atoms with E-state index in [2.05, 4.69) is 51.4 Å². The molecule has 0 aliphatic heterocycles. The van der Waals surface area contributed by atoms with Gasteiger partial charge in [0.05, 0.1) is 59.5 Å². The fourth-order valence-electron chi connectivity index (χ4n) is 13.8. The van der Waals surface area contributed by atoms with E-state index in [0.29, 0.717) is 92.2 Å². The van der Waals surface area contributed by atoms with E-state index in [-0.39, 0.29) is 67.7 Å². The number of nitrogens with zero attached hydrogens (tertiary/aromatic N) is 4. The molecule has 0 spiro atoms. The molecule has 0 heterocycles. The highest BCUT2D eigenvalue weighted by Gasteiger charge is 2.30. The number of methoxy groups -OCH3 is 3. The van der Waals surface area contributed by atoms with Crippen LogP contribution in [0.1, 0.15) is 211 Å². The summed E-state index contributed by atoms with van der Waals surface area (Å²) in [6, 6.07) is 22.2. The normalized spacial score (nSPS) is 15.5. The van der Waals surface area contributed by atoms with E-state index >= 15 is 0 Å². The van der Waals surface area contributed by atoms with Gasteiger partial charge in [-0.05, 0) is 172 Å². The van der Waals surface area contributed by atoms with E-state index in [1.807, 2.05) is 122 Å². The first-order valence-electron chi connectivity index (χ1n) is 40.8. The molecule has 114 heavy (non-hydrogen) atoms. The molecule has 1 unspecified atom stereocenters. The van der Waals surface area contributed by atoms with Gasteiger partial charge in [-0.2, -0.15) is 0 Å². The van der Waals surface area contributed by atoms with Crippen LogP contribution in [-0.4, -0.2) is 234 Å². The van der Waals surface area contributed by atoms with Crippen molar-refractivity contribution in [3.05, 3.63) is 105 Å². The summed E-state index contributed by atoms with van der Waals surface area (Å²) in [6.07, 6.45) is 21.0. The number of halogens is 3. The molecule has 0 bridgehead atoms. The topological polar surface area (TPSA) is 317 Å². The smallest absolute Gasteiger partial charge is 0.410 e. The molecule has 6 rings (SSSR count). The van der Waals surface area contributed by atoms with E-state index in [1.54, 1.807) is 53.9 Å². The Morgan fingerprint density at radius 2 is 0.781 bits per heavy atom. The molecule has 3 aliphatic carbocycles. The maximum Gasteiger partial charge on any atom is 0.410 e. The minimum Gasteiger partial charge on any atom is -0.453 e. The monoisotopic (exact) mass is 1660 g/mol. The average Bonchev–Trinajstić information content (AvgIpc) is 0.882. The third-order valence-corrected chi connectivity index (χ3v) is 20.4. The molecule has 9 N–H and O–H groups in total. The van der Waals surface area contributed by atoms with Crippen molar-refractivity contribution in [3.8, 4) is 0 Å². The van der Waals surface area contributed by atoms with Crippen LogP contribution in [0.2, 0.25) is 15.1 Å². The van der Waals surface area contributed by atoms with E-state index in [9.17, 15) is 33.6 Å². The quantitative estimate of drug-likeness (QED) is 0.0195. The fourth-order valence-corrected chi connectivity index (χ4v) is 14.4. The van der Waals surface area contributed by atoms with Crippen LogP contribution < -0.4 is 43.0 Å². The summed E-state index contributed by atoms with van der Waals surface area (Å²) >= 11 is 18.4. The fraction of sp³-hybridized carbons (Fsp3) is 0.702. The highest BCUT2D eigenvalue weighted by molar-refractivity contribution is 6.31. The Labute approximate surface area is 696 Å². The third kappa shape index (κ3) is 46.2. The maximum absolute atomic E-state index is 13.3. The first kappa shape index (κ1) is 101. The lowest BCUT2D eigenvalue weighted by Gasteiger charge is -2.32. The molecule has 3 aliphatic rings. The number of carbonyl (C=O) groups excluding carboxylic acids is 7. The number of likely N-dealkylation sites (N-methyl/N-ethyl adjacent to an activating group) is 3. The Bertz CT molecular complexity index is 3190. The van der Waals surface area contributed by atoms with Gasteiger partial charge in [0.1, 0.15) is 11.2 Å². The molecule has 3 aromatic carbocycles. The molecule has 0 saturated heterocycles. The molecule has 0 radical (unpaired) electrons. The summed E-state index contributed by atoms with van der Waals surface area (Å²) in [6.45, 7) is 16.6. The maximum atomic E-state index is 13.3. The van der Waals surface area contributed by atoms with Gasteiger partial charge in [0.15, 0.2) is 0 Å². The van der Waals surface area contributed by atoms with Gasteiger partial charge >= 0.3 is 42.5 Å². The first-order chi connectivity index (χ1) is 54.2. The molecule has 3 aromatic rings. The predicted molar refractivity (Wildman–Crippen MR) is 453 cm³/mol. The van der Waals surface area contributed by atoms with Crippen molar-refractivity contribution in [1.29, 1.82) is 0 Å². The molecule has 0 aromatic heterocycles. The zero-order valence-corrected chi connectivity index (χ0v) is 73.4. The number of hydrogen-bond donors (Lipinski definition) is 8. The predicted octanol–water partition coefficient (Wildman–Crippen LogP) is 15.8. The van der Waals surface area contributed by atoms with Crippen molar-refractivity contribution in [1.82, 2.24) is 56.8 Å². The number of nitrogens with two attached hydrogens (primary N) is 1. The molecular weight excluding hydrogens is 1520 g/mol. The molecule has 9 amide bonds. The lowest BCUT2D eigenvalue weighted by molar-refractivity contribution is 0.0270. The zero-order valence-electron chi connectivity index (χ0n) is 71.1. The van der Waals surface area contributed by atoms with Crippen LogP contribution in [0, 0.1) is 17.8 Å². The van der Waals surface area contributed by atoms with Crippen LogP contribution in [0.15, 0.2) is 72.8 Å². The highest BCUT2D eigenvalue weighted by Crippen LogP contribution is 2.32. The lowest BCUT2D eigenvalue weighted by atomic mass is 9.84. The summed E-state index contributed by atoms with van der Waals surface area (Å²) in [5.74, 6) is 1.96. The summed E-state index contributed by atoms with van der Waals surface area (Å²) in [5.41, 5.74) is 7.97. The van der Waals surface area contributed by atoms with Gasteiger partial charge in [0.2, 0.25) is 0 Å². The number of amides is 9. The SMILES string of the molecule is CN(C[C@@H](N)CC1CCCCC1)C(=O)OC(C)(C)C.CNCCC(OCCNC(=O)OC)c1cccc(Cl)c1.CNC[C@H](CC1CCCCC1)NC(=O)N(C)CC[C@@H](OCCNC(=O)OC)c1cccc(Cl)c1.COC(=O)NCCO[C@H](CCN(C)C(=O)N[C@@H](CC1CCCCC1)CN(C)C(=O)OC(C)(C)C)c1cccc(Cl)c1. The Kier molecular flexibility index (Phi) is 51.0. The first-order valence-corrected chi connectivity index (χ1v) is 41.9. The number of benzene rings is 3. The van der Waals surface area contributed by atoms with Crippen molar-refractivity contribution in [2.75, 3.05) is 142 Å². The van der Waals surface area contributed by atoms with E-state index in [1.165, 1.54) is 105 Å². The van der Waals surface area contributed by atoms with Crippen LogP contribution in [0.3, 0.4) is 0 Å². The standard InChI is InChI=1S/C30H49ClN4O6.C25H41ClN4O4.C15H30N2O2.C14H21ClN2O3/c1-30(2,3)41-29(38)35(5)21-25(19-22-11-8-7-9-12-22)33-27(36)34(4)17-15-26(23-13-10-14-24(31)20-23)40-18-16-32-28(37)39-6;1-27-18-22(16-19-8-5-4-6-9-19)29-24(31)30(2)14-12-23(20-10-7-11-21(26)17-20)34-15-13-28-25(32)33-3;1-15(2,3)19-14(18)17(4)11-13(16)10-12-8-6-5-7-9-12;1-16-7-6-13(11-4-3-5-12(15)10-11)20-9-8-17-14(18)19-2/h10,13-14,20,22,25-26H,7-9,11-12,15-19,21H2,1-6H3,(H,32,37)(H,33,36);7,10-11,17,19,22-23,27H,4-6,8-9,12-16,18H2,1-3H3,(H,28,32)(H,29,31);12-13H,5-11,16H2,1-4H3;3-5,10,13,16H,6-9H2,1-2H3,(H,17,18)/t25-,26+;22-,23+;13-;/m000./s1. The Balaban J connectivity index is 0.000000413. The summed E-state index contributed by atoms with van der Waals surface area (Å²) in [4.78, 5) is 90.7. The van der Waals surface area contributed by atoms with Crippen molar-refractivity contribution in [2.24, 2.45) is 23.5 Å². The molecule has 30 heteroatoms. The van der Waals surface area contributed by atoms with E-state index < -0.39 is 35.6 Å². The second kappa shape index (κ2) is 57.3. The van der Waals surface area contributed by atoms with Gasteiger partial charge in [-0.15, -0.1) is 0 Å². The van der Waals surface area contributed by atoms with Gasteiger partial charge in [-0.1, -0.05) is 168 Å². The minimum atomic E-state index is -0.593. The summed E-state index contributed by atoms with van der Waals surface area (Å²) in [7, 11) is 14.8. The second-order valence-electron chi connectivity index (χ2n) is 31.9. The number of nitrogens with one attached hydrogen (secondary N) is 7. The highest BCUT2D eigenvalue weighted by atomic mass is 35.5. The van der Waals surface area contributed by atoms with Gasteiger partial charge in [-0.25, -0.2) is 33.6 Å². The molecule has 27 nitrogen and oxygen atoms in total. The van der Waals surface area contributed by atoms with Gasteiger partial charge in [0, 0.05) is 114 Å². The summed E-state index contributed by atoms with van der Waals surface area (Å²) in [5, 5.41) is 22.4. The number of alkyl carbamates (subject to hydrolysis) is 3. The lowest BCUT2D eigenvalue weighted by Crippen LogP contribution is -2.50. The summed E-state index contributed by atoms with van der Waals surface area (Å²) < 4.78 is 42.4. The Morgan fingerprint density at radius 1 is 0.447 bits per heavy atom. The zero-order chi connectivity index (χ0) is 84.4. The number of ether oxygens (including phenoxy) is 8. The average molecular weight is 1670 g/mol. The van der Waals surface area contributed by atoms with Crippen molar-refractivity contribution in [3.63, 3.8) is 0 Å². The second-order valence-corrected chi connectivity index (χ2v) is 33.2. The number of hydrogen-bond acceptors (Lipinski definition) is 18. The Hall–Kier alpha value is -6.82. The van der Waals surface area contributed by atoms with Crippen LogP contribution in [0.4, 0.5) is 33.6 Å². The van der Waals surface area contributed by atoms with Crippen LogP contribution in [-0.2, 0) is 37.9 Å². The van der Waals surface area contributed by atoms with Crippen LogP contribution >= 0.6 is 34.8 Å².